The van der Waals surface area contributed by atoms with Crippen LogP contribution in [0.2, 0.25) is 0 Å². The summed E-state index contributed by atoms with van der Waals surface area (Å²) in [5.41, 5.74) is 5.98. The number of pyridine rings is 1. The SMILES string of the molecule is Cc1cc(C)n(-c2ccc(NC(=O)CCc3c(C)nn(CC(C)C)c3C)cn2)n1. The van der Waals surface area contributed by atoms with Gasteiger partial charge in [-0.2, -0.15) is 10.2 Å². The second-order valence-electron chi connectivity index (χ2n) is 8.02. The second-order valence-corrected chi connectivity index (χ2v) is 8.02. The fourth-order valence-corrected chi connectivity index (χ4v) is 3.53. The first-order valence-corrected chi connectivity index (χ1v) is 10.1. The van der Waals surface area contributed by atoms with E-state index in [-0.39, 0.29) is 5.91 Å². The van der Waals surface area contributed by atoms with Crippen molar-refractivity contribution < 1.29 is 4.79 Å². The molecule has 0 saturated carbocycles. The fourth-order valence-electron chi connectivity index (χ4n) is 3.53. The molecule has 0 radical (unpaired) electrons. The molecule has 0 aliphatic rings. The highest BCUT2D eigenvalue weighted by Crippen LogP contribution is 2.17. The van der Waals surface area contributed by atoms with E-state index < -0.39 is 0 Å². The van der Waals surface area contributed by atoms with E-state index in [1.165, 1.54) is 5.56 Å². The third-order valence-electron chi connectivity index (χ3n) is 4.93. The van der Waals surface area contributed by atoms with Crippen molar-refractivity contribution in [2.45, 2.75) is 60.9 Å². The zero-order valence-corrected chi connectivity index (χ0v) is 18.2. The molecule has 0 aromatic carbocycles. The van der Waals surface area contributed by atoms with Crippen molar-refractivity contribution in [3.63, 3.8) is 0 Å². The fraction of sp³-hybridized carbons (Fsp3) is 0.455. The van der Waals surface area contributed by atoms with Crippen LogP contribution in [0.25, 0.3) is 5.82 Å². The third-order valence-corrected chi connectivity index (χ3v) is 4.93. The molecule has 0 spiro atoms. The molecule has 7 heteroatoms. The Morgan fingerprint density at radius 3 is 2.48 bits per heavy atom. The number of hydrogen-bond acceptors (Lipinski definition) is 4. The topological polar surface area (TPSA) is 77.6 Å². The van der Waals surface area contributed by atoms with Gasteiger partial charge in [0, 0.05) is 24.4 Å². The maximum atomic E-state index is 12.4. The van der Waals surface area contributed by atoms with Crippen molar-refractivity contribution in [2.75, 3.05) is 5.32 Å². The number of hydrogen-bond donors (Lipinski definition) is 1. The van der Waals surface area contributed by atoms with Crippen LogP contribution < -0.4 is 5.32 Å². The smallest absolute Gasteiger partial charge is 0.224 e. The third kappa shape index (κ3) is 4.91. The minimum Gasteiger partial charge on any atom is -0.325 e. The first-order chi connectivity index (χ1) is 13.7. The Balaban J connectivity index is 1.60. The highest BCUT2D eigenvalue weighted by molar-refractivity contribution is 5.90. The van der Waals surface area contributed by atoms with E-state index in [1.807, 2.05) is 39.0 Å². The summed E-state index contributed by atoms with van der Waals surface area (Å²) in [5.74, 6) is 1.24. The Morgan fingerprint density at radius 1 is 1.14 bits per heavy atom. The Bertz CT molecular complexity index is 997. The first-order valence-electron chi connectivity index (χ1n) is 10.1. The molecule has 1 amide bonds. The van der Waals surface area contributed by atoms with Gasteiger partial charge >= 0.3 is 0 Å². The van der Waals surface area contributed by atoms with Gasteiger partial charge in [-0.15, -0.1) is 0 Å². The van der Waals surface area contributed by atoms with Crippen molar-refractivity contribution >= 4 is 11.6 Å². The number of aryl methyl sites for hydroxylation is 3. The molecular formula is C22H30N6O. The largest absolute Gasteiger partial charge is 0.325 e. The van der Waals surface area contributed by atoms with E-state index in [4.69, 9.17) is 0 Å². The number of anilines is 1. The van der Waals surface area contributed by atoms with Gasteiger partial charge in [0.25, 0.3) is 0 Å². The number of rotatable bonds is 7. The Hall–Kier alpha value is -2.96. The molecule has 3 rings (SSSR count). The molecule has 3 aromatic heterocycles. The minimum atomic E-state index is -0.0268. The van der Waals surface area contributed by atoms with Crippen LogP contribution in [-0.2, 0) is 17.8 Å². The molecular weight excluding hydrogens is 364 g/mol. The van der Waals surface area contributed by atoms with Gasteiger partial charge in [-0.05, 0) is 63.8 Å². The lowest BCUT2D eigenvalue weighted by Crippen LogP contribution is -2.13. The molecule has 0 fully saturated rings. The summed E-state index contributed by atoms with van der Waals surface area (Å²) in [5, 5.41) is 12.0. The van der Waals surface area contributed by atoms with Crippen LogP contribution in [0.3, 0.4) is 0 Å². The van der Waals surface area contributed by atoms with Crippen LogP contribution in [0, 0.1) is 33.6 Å². The molecule has 0 unspecified atom stereocenters. The Morgan fingerprint density at radius 2 is 1.90 bits per heavy atom. The van der Waals surface area contributed by atoms with Crippen molar-refractivity contribution in [1.29, 1.82) is 0 Å². The zero-order chi connectivity index (χ0) is 21.1. The first kappa shape index (κ1) is 20.8. The summed E-state index contributed by atoms with van der Waals surface area (Å²) < 4.78 is 3.84. The number of carbonyl (C=O) groups excluding carboxylic acids is 1. The molecule has 0 aliphatic carbocycles. The number of nitrogens with zero attached hydrogens (tertiary/aromatic N) is 5. The molecule has 3 aromatic rings. The summed E-state index contributed by atoms with van der Waals surface area (Å²) in [4.78, 5) is 16.8. The van der Waals surface area contributed by atoms with E-state index in [1.54, 1.807) is 10.9 Å². The van der Waals surface area contributed by atoms with E-state index >= 15 is 0 Å². The molecule has 0 atom stereocenters. The normalized spacial score (nSPS) is 11.3. The summed E-state index contributed by atoms with van der Waals surface area (Å²) >= 11 is 0. The molecule has 3 heterocycles. The summed E-state index contributed by atoms with van der Waals surface area (Å²) in [7, 11) is 0. The molecule has 29 heavy (non-hydrogen) atoms. The molecule has 0 aliphatic heterocycles. The monoisotopic (exact) mass is 394 g/mol. The van der Waals surface area contributed by atoms with Crippen molar-refractivity contribution in [2.24, 2.45) is 5.92 Å². The quantitative estimate of drug-likeness (QED) is 0.659. The lowest BCUT2D eigenvalue weighted by atomic mass is 10.1. The lowest BCUT2D eigenvalue weighted by molar-refractivity contribution is -0.116. The van der Waals surface area contributed by atoms with Gasteiger partial charge < -0.3 is 5.32 Å². The molecule has 154 valence electrons. The average Bonchev–Trinajstić information content (AvgIpc) is 3.11. The highest BCUT2D eigenvalue weighted by atomic mass is 16.1. The van der Waals surface area contributed by atoms with E-state index in [9.17, 15) is 4.79 Å². The van der Waals surface area contributed by atoms with Gasteiger partial charge in [0.05, 0.1) is 23.3 Å². The summed E-state index contributed by atoms with van der Waals surface area (Å²) in [6.07, 6.45) is 2.76. The number of amides is 1. The van der Waals surface area contributed by atoms with Gasteiger partial charge in [0.1, 0.15) is 0 Å². The van der Waals surface area contributed by atoms with Gasteiger partial charge in [0.15, 0.2) is 5.82 Å². The van der Waals surface area contributed by atoms with Gasteiger partial charge in [-0.3, -0.25) is 9.48 Å². The maximum absolute atomic E-state index is 12.4. The predicted octanol–water partition coefficient (Wildman–Crippen LogP) is 3.92. The van der Waals surface area contributed by atoms with E-state index in [0.717, 1.165) is 35.1 Å². The standard InChI is InChI=1S/C22H30N6O/c1-14(2)13-27-18(6)20(17(5)26-27)8-10-22(29)24-19-7-9-21(23-12-19)28-16(4)11-15(3)25-28/h7,9,11-12,14H,8,10,13H2,1-6H3,(H,24,29). The van der Waals surface area contributed by atoms with Gasteiger partial charge in [-0.25, -0.2) is 9.67 Å². The molecule has 7 nitrogen and oxygen atoms in total. The number of aromatic nitrogens is 5. The number of nitrogens with one attached hydrogen (secondary N) is 1. The van der Waals surface area contributed by atoms with Crippen LogP contribution in [0.5, 0.6) is 0 Å². The summed E-state index contributed by atoms with van der Waals surface area (Å²) in [6.45, 7) is 13.3. The predicted molar refractivity (Wildman–Crippen MR) is 114 cm³/mol. The van der Waals surface area contributed by atoms with E-state index in [2.05, 4.69) is 46.0 Å². The average molecular weight is 395 g/mol. The molecule has 0 saturated heterocycles. The number of carbonyl (C=O) groups is 1. The van der Waals surface area contributed by atoms with Crippen molar-refractivity contribution in [1.82, 2.24) is 24.5 Å². The van der Waals surface area contributed by atoms with Crippen LogP contribution >= 0.6 is 0 Å². The van der Waals surface area contributed by atoms with Crippen LogP contribution in [-0.4, -0.2) is 30.5 Å². The van der Waals surface area contributed by atoms with E-state index in [0.29, 0.717) is 24.4 Å². The maximum Gasteiger partial charge on any atom is 0.224 e. The second kappa shape index (κ2) is 8.59. The highest BCUT2D eigenvalue weighted by Gasteiger charge is 2.14. The summed E-state index contributed by atoms with van der Waals surface area (Å²) in [6, 6.07) is 5.72. The molecule has 0 bridgehead atoms. The molecule has 1 N–H and O–H groups in total. The zero-order valence-electron chi connectivity index (χ0n) is 18.2. The minimum absolute atomic E-state index is 0.0268. The van der Waals surface area contributed by atoms with Crippen LogP contribution in [0.15, 0.2) is 24.4 Å². The van der Waals surface area contributed by atoms with Gasteiger partial charge in [0.2, 0.25) is 5.91 Å². The van der Waals surface area contributed by atoms with Crippen LogP contribution in [0.4, 0.5) is 5.69 Å². The van der Waals surface area contributed by atoms with Crippen molar-refractivity contribution in [3.05, 3.63) is 52.7 Å². The lowest BCUT2D eigenvalue weighted by Gasteiger charge is -2.09. The van der Waals surface area contributed by atoms with Gasteiger partial charge in [-0.1, -0.05) is 13.8 Å². The Kier molecular flexibility index (Phi) is 6.15. The Labute approximate surface area is 172 Å². The van der Waals surface area contributed by atoms with Crippen molar-refractivity contribution in [3.8, 4) is 5.82 Å². The van der Waals surface area contributed by atoms with Crippen LogP contribution in [0.1, 0.15) is 48.6 Å².